The monoisotopic (exact) mass is 319 g/mol. The molecule has 1 saturated heterocycles. The maximum atomic E-state index is 9.95. The Balaban J connectivity index is 1.41. The van der Waals surface area contributed by atoms with Crippen LogP contribution in [0.25, 0.3) is 10.8 Å². The van der Waals surface area contributed by atoms with Crippen LogP contribution in [0.5, 0.6) is 5.75 Å². The molecule has 122 valence electrons. The summed E-state index contributed by atoms with van der Waals surface area (Å²) in [6, 6.07) is 18.6. The average Bonchev–Trinajstić information content (AvgIpc) is 2.63. The van der Waals surface area contributed by atoms with Crippen LogP contribution in [-0.2, 0) is 6.54 Å². The Morgan fingerprint density at radius 2 is 1.67 bits per heavy atom. The van der Waals surface area contributed by atoms with Gasteiger partial charge in [-0.3, -0.25) is 4.90 Å². The molecule has 4 rings (SSSR count). The number of aromatic hydroxyl groups is 1. The van der Waals surface area contributed by atoms with Gasteiger partial charge in [0.15, 0.2) is 11.6 Å². The zero-order chi connectivity index (χ0) is 16.4. The van der Waals surface area contributed by atoms with Crippen molar-refractivity contribution >= 4 is 16.6 Å². The fraction of sp³-hybridized carbons (Fsp3) is 0.250. The molecule has 3 aromatic rings. The van der Waals surface area contributed by atoms with Crippen molar-refractivity contribution < 1.29 is 5.11 Å². The molecule has 1 aliphatic heterocycles. The van der Waals surface area contributed by atoms with Crippen LogP contribution in [0, 0.1) is 0 Å². The van der Waals surface area contributed by atoms with Crippen LogP contribution in [0.2, 0.25) is 0 Å². The summed E-state index contributed by atoms with van der Waals surface area (Å²) < 4.78 is 0. The Morgan fingerprint density at radius 1 is 0.875 bits per heavy atom. The number of anilines is 1. The number of rotatable bonds is 3. The first-order valence-corrected chi connectivity index (χ1v) is 8.38. The molecule has 0 unspecified atom stereocenters. The van der Waals surface area contributed by atoms with Gasteiger partial charge < -0.3 is 10.0 Å². The molecule has 2 aromatic carbocycles. The lowest BCUT2D eigenvalue weighted by Gasteiger charge is -2.35. The Morgan fingerprint density at radius 3 is 2.46 bits per heavy atom. The van der Waals surface area contributed by atoms with Crippen molar-refractivity contribution in [3.8, 4) is 5.75 Å². The number of nitrogens with zero attached hydrogens (tertiary/aromatic N) is 3. The summed E-state index contributed by atoms with van der Waals surface area (Å²) >= 11 is 0. The standard InChI is InChI=1S/C20H21N3O/c24-19-6-3-9-21-20(19)23-12-10-22(11-13-23)15-16-7-8-17-4-1-2-5-18(17)14-16/h1-9,14,24H,10-13,15H2. The number of benzene rings is 2. The van der Waals surface area contributed by atoms with Crippen molar-refractivity contribution in [1.29, 1.82) is 0 Å². The van der Waals surface area contributed by atoms with E-state index in [9.17, 15) is 5.11 Å². The lowest BCUT2D eigenvalue weighted by atomic mass is 10.1. The molecule has 2 heterocycles. The molecule has 0 bridgehead atoms. The highest BCUT2D eigenvalue weighted by atomic mass is 16.3. The van der Waals surface area contributed by atoms with Gasteiger partial charge in [-0.1, -0.05) is 36.4 Å². The second-order valence-corrected chi connectivity index (χ2v) is 6.29. The fourth-order valence-electron chi connectivity index (χ4n) is 3.35. The zero-order valence-corrected chi connectivity index (χ0v) is 13.6. The van der Waals surface area contributed by atoms with Crippen molar-refractivity contribution in [1.82, 2.24) is 9.88 Å². The summed E-state index contributed by atoms with van der Waals surface area (Å²) in [4.78, 5) is 8.92. The second-order valence-electron chi connectivity index (χ2n) is 6.29. The quantitative estimate of drug-likeness (QED) is 0.804. The minimum Gasteiger partial charge on any atom is -0.504 e. The van der Waals surface area contributed by atoms with Gasteiger partial charge in [-0.2, -0.15) is 0 Å². The van der Waals surface area contributed by atoms with Gasteiger partial charge >= 0.3 is 0 Å². The summed E-state index contributed by atoms with van der Waals surface area (Å²) in [5, 5.41) is 12.5. The minimum atomic E-state index is 0.264. The van der Waals surface area contributed by atoms with E-state index in [-0.39, 0.29) is 5.75 Å². The van der Waals surface area contributed by atoms with Gasteiger partial charge in [0.25, 0.3) is 0 Å². The number of piperazine rings is 1. The Hall–Kier alpha value is -2.59. The van der Waals surface area contributed by atoms with E-state index < -0.39 is 0 Å². The van der Waals surface area contributed by atoms with E-state index in [1.165, 1.54) is 16.3 Å². The highest BCUT2D eigenvalue weighted by Crippen LogP contribution is 2.25. The highest BCUT2D eigenvalue weighted by molar-refractivity contribution is 5.82. The number of aromatic nitrogens is 1. The molecule has 0 aliphatic carbocycles. The van der Waals surface area contributed by atoms with Crippen molar-refractivity contribution in [2.75, 3.05) is 31.1 Å². The Bertz CT molecular complexity index is 841. The van der Waals surface area contributed by atoms with Crippen molar-refractivity contribution in [3.05, 3.63) is 66.4 Å². The van der Waals surface area contributed by atoms with Crippen LogP contribution in [0.1, 0.15) is 5.56 Å². The molecule has 1 aromatic heterocycles. The first-order chi connectivity index (χ1) is 11.8. The highest BCUT2D eigenvalue weighted by Gasteiger charge is 2.20. The molecule has 0 atom stereocenters. The van der Waals surface area contributed by atoms with Gasteiger partial charge in [-0.05, 0) is 34.5 Å². The van der Waals surface area contributed by atoms with Gasteiger partial charge in [-0.15, -0.1) is 0 Å². The van der Waals surface area contributed by atoms with E-state index in [4.69, 9.17) is 0 Å². The molecular weight excluding hydrogens is 298 g/mol. The van der Waals surface area contributed by atoms with Crippen LogP contribution >= 0.6 is 0 Å². The Labute approximate surface area is 142 Å². The summed E-state index contributed by atoms with van der Waals surface area (Å²) in [5.74, 6) is 0.961. The molecular formula is C20H21N3O. The number of hydrogen-bond donors (Lipinski definition) is 1. The minimum absolute atomic E-state index is 0.264. The first kappa shape index (κ1) is 15.0. The Kier molecular flexibility index (Phi) is 4.05. The van der Waals surface area contributed by atoms with Crippen molar-refractivity contribution in [2.24, 2.45) is 0 Å². The zero-order valence-electron chi connectivity index (χ0n) is 13.6. The molecule has 1 fully saturated rings. The van der Waals surface area contributed by atoms with Crippen LogP contribution in [-0.4, -0.2) is 41.2 Å². The third kappa shape index (κ3) is 3.05. The summed E-state index contributed by atoms with van der Waals surface area (Å²) in [6.45, 7) is 4.69. The SMILES string of the molecule is Oc1cccnc1N1CCN(Cc2ccc3ccccc3c2)CC1. The molecule has 4 nitrogen and oxygen atoms in total. The smallest absolute Gasteiger partial charge is 0.171 e. The lowest BCUT2D eigenvalue weighted by Crippen LogP contribution is -2.46. The summed E-state index contributed by atoms with van der Waals surface area (Å²) in [7, 11) is 0. The fourth-order valence-corrected chi connectivity index (χ4v) is 3.35. The third-order valence-electron chi connectivity index (χ3n) is 4.66. The number of fused-ring (bicyclic) bond motifs is 1. The predicted molar refractivity (Wildman–Crippen MR) is 97.3 cm³/mol. The van der Waals surface area contributed by atoms with Gasteiger partial charge in [0.05, 0.1) is 0 Å². The second kappa shape index (κ2) is 6.49. The van der Waals surface area contributed by atoms with Gasteiger partial charge in [0.1, 0.15) is 0 Å². The predicted octanol–water partition coefficient (Wildman–Crippen LogP) is 3.26. The van der Waals surface area contributed by atoms with E-state index in [2.05, 4.69) is 57.2 Å². The molecule has 24 heavy (non-hydrogen) atoms. The molecule has 0 radical (unpaired) electrons. The summed E-state index contributed by atoms with van der Waals surface area (Å²) in [5.41, 5.74) is 1.35. The maximum absolute atomic E-state index is 9.95. The maximum Gasteiger partial charge on any atom is 0.171 e. The van der Waals surface area contributed by atoms with Crippen molar-refractivity contribution in [3.63, 3.8) is 0 Å². The molecule has 1 N–H and O–H groups in total. The number of pyridine rings is 1. The normalized spacial score (nSPS) is 15.8. The van der Waals surface area contributed by atoms with E-state index in [1.807, 2.05) is 0 Å². The van der Waals surface area contributed by atoms with Gasteiger partial charge in [0.2, 0.25) is 0 Å². The lowest BCUT2D eigenvalue weighted by molar-refractivity contribution is 0.248. The average molecular weight is 319 g/mol. The molecule has 1 aliphatic rings. The van der Waals surface area contributed by atoms with Crippen LogP contribution in [0.4, 0.5) is 5.82 Å². The third-order valence-corrected chi connectivity index (χ3v) is 4.66. The van der Waals surface area contributed by atoms with E-state index in [0.29, 0.717) is 5.82 Å². The molecule has 4 heteroatoms. The van der Waals surface area contributed by atoms with Gasteiger partial charge in [-0.25, -0.2) is 4.98 Å². The van der Waals surface area contributed by atoms with E-state index in [1.54, 1.807) is 18.3 Å². The summed E-state index contributed by atoms with van der Waals surface area (Å²) in [6.07, 6.45) is 1.73. The topological polar surface area (TPSA) is 39.6 Å². The van der Waals surface area contributed by atoms with E-state index >= 15 is 0 Å². The van der Waals surface area contributed by atoms with Gasteiger partial charge in [0, 0.05) is 38.9 Å². The van der Waals surface area contributed by atoms with E-state index in [0.717, 1.165) is 32.7 Å². The largest absolute Gasteiger partial charge is 0.504 e. The van der Waals surface area contributed by atoms with Crippen LogP contribution in [0.3, 0.4) is 0 Å². The molecule has 0 saturated carbocycles. The molecule has 0 spiro atoms. The van der Waals surface area contributed by atoms with Crippen LogP contribution < -0.4 is 4.90 Å². The number of hydrogen-bond acceptors (Lipinski definition) is 4. The van der Waals surface area contributed by atoms with Crippen LogP contribution in [0.15, 0.2) is 60.8 Å². The van der Waals surface area contributed by atoms with Crippen molar-refractivity contribution in [2.45, 2.75) is 6.54 Å². The molecule has 0 amide bonds. The first-order valence-electron chi connectivity index (χ1n) is 8.38.